The summed E-state index contributed by atoms with van der Waals surface area (Å²) in [6.45, 7) is 16.0. The van der Waals surface area contributed by atoms with Gasteiger partial charge in [-0.3, -0.25) is 9.69 Å². The number of carbonyl (C=O) groups excluding carboxylic acids is 1. The summed E-state index contributed by atoms with van der Waals surface area (Å²) in [6, 6.07) is 7.97. The molecule has 1 heterocycles. The van der Waals surface area contributed by atoms with Crippen LogP contribution in [-0.2, 0) is 15.8 Å². The van der Waals surface area contributed by atoms with E-state index in [1.54, 1.807) is 0 Å². The molecule has 1 aliphatic heterocycles. The summed E-state index contributed by atoms with van der Waals surface area (Å²) < 4.78 is 6.25. The van der Waals surface area contributed by atoms with Gasteiger partial charge in [-0.15, -0.1) is 0 Å². The third kappa shape index (κ3) is 5.40. The molecule has 0 spiro atoms. The van der Waals surface area contributed by atoms with Crippen LogP contribution in [0.25, 0.3) is 0 Å². The monoisotopic (exact) mass is 362 g/mol. The van der Waals surface area contributed by atoms with Gasteiger partial charge in [0.2, 0.25) is 5.91 Å². The number of hydrogen-bond acceptors (Lipinski definition) is 3. The SMILES string of the molecule is CC(C(=O)Nc1ccc(CO[Si](C)(C)C(C)(C)C)cc1)N1CCCC1. The maximum Gasteiger partial charge on any atom is 0.241 e. The molecule has 0 aliphatic carbocycles. The second kappa shape index (κ2) is 8.02. The summed E-state index contributed by atoms with van der Waals surface area (Å²) in [6.07, 6.45) is 2.39. The van der Waals surface area contributed by atoms with Crippen LogP contribution in [0.3, 0.4) is 0 Å². The molecular formula is C20H34N2O2Si. The molecule has 4 nitrogen and oxygen atoms in total. The van der Waals surface area contributed by atoms with E-state index < -0.39 is 8.32 Å². The van der Waals surface area contributed by atoms with Crippen molar-refractivity contribution in [1.29, 1.82) is 0 Å². The lowest BCUT2D eigenvalue weighted by molar-refractivity contribution is -0.120. The summed E-state index contributed by atoms with van der Waals surface area (Å²) >= 11 is 0. The number of amides is 1. The quantitative estimate of drug-likeness (QED) is 0.750. The van der Waals surface area contributed by atoms with Gasteiger partial charge >= 0.3 is 0 Å². The molecule has 0 bridgehead atoms. The maximum absolute atomic E-state index is 12.4. The van der Waals surface area contributed by atoms with Crippen molar-refractivity contribution in [3.63, 3.8) is 0 Å². The minimum atomic E-state index is -1.73. The Morgan fingerprint density at radius 3 is 2.28 bits per heavy atom. The van der Waals surface area contributed by atoms with Gasteiger partial charge in [-0.25, -0.2) is 0 Å². The van der Waals surface area contributed by atoms with E-state index >= 15 is 0 Å². The Labute approximate surface area is 154 Å². The first kappa shape index (κ1) is 20.1. The van der Waals surface area contributed by atoms with Crippen LogP contribution in [0.4, 0.5) is 5.69 Å². The minimum absolute atomic E-state index is 0.0657. The average molecular weight is 363 g/mol. The van der Waals surface area contributed by atoms with Crippen molar-refractivity contribution in [2.45, 2.75) is 71.3 Å². The van der Waals surface area contributed by atoms with E-state index in [0.29, 0.717) is 6.61 Å². The van der Waals surface area contributed by atoms with Gasteiger partial charge < -0.3 is 9.74 Å². The van der Waals surface area contributed by atoms with E-state index in [4.69, 9.17) is 4.43 Å². The highest BCUT2D eigenvalue weighted by Gasteiger charge is 2.37. The third-order valence-electron chi connectivity index (χ3n) is 5.70. The van der Waals surface area contributed by atoms with E-state index in [0.717, 1.165) is 24.3 Å². The van der Waals surface area contributed by atoms with Crippen LogP contribution in [0.15, 0.2) is 24.3 Å². The molecule has 1 aromatic carbocycles. The number of carbonyl (C=O) groups is 1. The molecular weight excluding hydrogens is 328 g/mol. The van der Waals surface area contributed by atoms with Crippen molar-refractivity contribution < 1.29 is 9.22 Å². The highest BCUT2D eigenvalue weighted by molar-refractivity contribution is 6.74. The Bertz CT molecular complexity index is 572. The van der Waals surface area contributed by atoms with Gasteiger partial charge in [0.25, 0.3) is 0 Å². The molecule has 0 aromatic heterocycles. The molecule has 5 heteroatoms. The van der Waals surface area contributed by atoms with Crippen LogP contribution in [0, 0.1) is 0 Å². The summed E-state index contributed by atoms with van der Waals surface area (Å²) in [5, 5.41) is 3.24. The van der Waals surface area contributed by atoms with Gasteiger partial charge in [-0.1, -0.05) is 32.9 Å². The Morgan fingerprint density at radius 2 is 1.76 bits per heavy atom. The van der Waals surface area contributed by atoms with E-state index in [-0.39, 0.29) is 17.0 Å². The summed E-state index contributed by atoms with van der Waals surface area (Å²) in [4.78, 5) is 14.6. The topological polar surface area (TPSA) is 41.6 Å². The van der Waals surface area contributed by atoms with Crippen molar-refractivity contribution >= 4 is 19.9 Å². The van der Waals surface area contributed by atoms with Gasteiger partial charge in [-0.2, -0.15) is 0 Å². The lowest BCUT2D eigenvalue weighted by atomic mass is 10.2. The van der Waals surface area contributed by atoms with Crippen molar-refractivity contribution in [1.82, 2.24) is 4.90 Å². The second-order valence-corrected chi connectivity index (χ2v) is 13.5. The van der Waals surface area contributed by atoms with Gasteiger partial charge in [0.15, 0.2) is 8.32 Å². The molecule has 0 saturated carbocycles. The molecule has 1 aromatic rings. The molecule has 1 amide bonds. The van der Waals surface area contributed by atoms with Crippen molar-refractivity contribution in [3.8, 4) is 0 Å². The third-order valence-corrected chi connectivity index (χ3v) is 10.2. The van der Waals surface area contributed by atoms with E-state index in [1.165, 1.54) is 12.8 Å². The Balaban J connectivity index is 1.88. The molecule has 1 saturated heterocycles. The Hall–Kier alpha value is -1.17. The molecule has 140 valence electrons. The van der Waals surface area contributed by atoms with E-state index in [1.807, 2.05) is 31.2 Å². The zero-order valence-corrected chi connectivity index (χ0v) is 17.7. The van der Waals surface area contributed by atoms with Crippen LogP contribution in [0.5, 0.6) is 0 Å². The summed E-state index contributed by atoms with van der Waals surface area (Å²) in [5.74, 6) is 0.0761. The minimum Gasteiger partial charge on any atom is -0.413 e. The normalized spacial score (nSPS) is 17.5. The Morgan fingerprint density at radius 1 is 1.20 bits per heavy atom. The molecule has 1 aliphatic rings. The number of hydrogen-bond donors (Lipinski definition) is 1. The lowest BCUT2D eigenvalue weighted by Crippen LogP contribution is -2.40. The van der Waals surface area contributed by atoms with Gasteiger partial charge in [0.05, 0.1) is 12.6 Å². The second-order valence-electron chi connectivity index (χ2n) is 8.65. The smallest absolute Gasteiger partial charge is 0.241 e. The number of nitrogens with zero attached hydrogens (tertiary/aromatic N) is 1. The lowest BCUT2D eigenvalue weighted by Gasteiger charge is -2.36. The largest absolute Gasteiger partial charge is 0.413 e. The van der Waals surface area contributed by atoms with Crippen LogP contribution in [-0.4, -0.2) is 38.3 Å². The number of benzene rings is 1. The fourth-order valence-corrected chi connectivity index (χ4v) is 3.67. The number of likely N-dealkylation sites (tertiary alicyclic amines) is 1. The van der Waals surface area contributed by atoms with E-state index in [2.05, 4.69) is 44.1 Å². The number of anilines is 1. The Kier molecular flexibility index (Phi) is 6.46. The van der Waals surface area contributed by atoms with Crippen molar-refractivity contribution in [2.24, 2.45) is 0 Å². The molecule has 2 rings (SSSR count). The molecule has 1 atom stereocenters. The molecule has 1 N–H and O–H groups in total. The van der Waals surface area contributed by atoms with Crippen LogP contribution >= 0.6 is 0 Å². The predicted octanol–water partition coefficient (Wildman–Crippen LogP) is 4.63. The highest BCUT2D eigenvalue weighted by atomic mass is 28.4. The number of nitrogens with one attached hydrogen (secondary N) is 1. The van der Waals surface area contributed by atoms with Crippen LogP contribution in [0.1, 0.15) is 46.1 Å². The first-order chi connectivity index (χ1) is 11.6. The average Bonchev–Trinajstić information content (AvgIpc) is 3.06. The number of rotatable bonds is 6. The zero-order valence-electron chi connectivity index (χ0n) is 16.7. The predicted molar refractivity (Wildman–Crippen MR) is 107 cm³/mol. The first-order valence-electron chi connectivity index (χ1n) is 9.38. The van der Waals surface area contributed by atoms with Crippen molar-refractivity contribution in [3.05, 3.63) is 29.8 Å². The molecule has 25 heavy (non-hydrogen) atoms. The van der Waals surface area contributed by atoms with E-state index in [9.17, 15) is 4.79 Å². The van der Waals surface area contributed by atoms with Crippen LogP contribution < -0.4 is 5.32 Å². The van der Waals surface area contributed by atoms with Gasteiger partial charge in [0, 0.05) is 5.69 Å². The fraction of sp³-hybridized carbons (Fsp3) is 0.650. The fourth-order valence-electron chi connectivity index (χ4n) is 2.71. The maximum atomic E-state index is 12.4. The summed E-state index contributed by atoms with van der Waals surface area (Å²) in [5.41, 5.74) is 2.00. The molecule has 0 radical (unpaired) electrons. The zero-order chi connectivity index (χ0) is 18.7. The van der Waals surface area contributed by atoms with Gasteiger partial charge in [0.1, 0.15) is 0 Å². The summed E-state index contributed by atoms with van der Waals surface area (Å²) in [7, 11) is -1.73. The molecule has 1 fully saturated rings. The van der Waals surface area contributed by atoms with Crippen molar-refractivity contribution in [2.75, 3.05) is 18.4 Å². The molecule has 1 unspecified atom stereocenters. The highest BCUT2D eigenvalue weighted by Crippen LogP contribution is 2.37. The van der Waals surface area contributed by atoms with Gasteiger partial charge in [-0.05, 0) is 68.7 Å². The standard InChI is InChI=1S/C20H34N2O2Si/c1-16(22-13-7-8-14-22)19(23)21-18-11-9-17(10-12-18)15-24-25(5,6)20(2,3)4/h9-12,16H,7-8,13-15H2,1-6H3,(H,21,23). The van der Waals surface area contributed by atoms with Crippen LogP contribution in [0.2, 0.25) is 18.1 Å². The first-order valence-corrected chi connectivity index (χ1v) is 12.3.